The largest absolute Gasteiger partial charge is 0.346 e. The average Bonchev–Trinajstić information content (AvgIpc) is 2.76. The van der Waals surface area contributed by atoms with E-state index in [1.807, 2.05) is 0 Å². The summed E-state index contributed by atoms with van der Waals surface area (Å²) in [6.45, 7) is 2.65. The van der Waals surface area contributed by atoms with Crippen molar-refractivity contribution >= 4 is 17.2 Å². The third-order valence-electron chi connectivity index (χ3n) is 3.59. The number of carbonyl (C=O) groups is 1. The maximum absolute atomic E-state index is 13.3. The fraction of sp³-hybridized carbons (Fsp3) is 0.500. The zero-order valence-electron chi connectivity index (χ0n) is 11.8. The molecule has 2 rings (SSSR count). The van der Waals surface area contributed by atoms with Gasteiger partial charge in [0.25, 0.3) is 0 Å². The number of benzene rings is 1. The molecular weight excluding hydrogens is 300 g/mol. The van der Waals surface area contributed by atoms with Crippen LogP contribution in [0.25, 0.3) is 0 Å². The molecule has 1 aliphatic heterocycles. The number of amides is 1. The van der Waals surface area contributed by atoms with Gasteiger partial charge in [-0.2, -0.15) is 0 Å². The number of ether oxygens (including phenoxy) is 1. The van der Waals surface area contributed by atoms with Gasteiger partial charge in [0.05, 0.1) is 16.8 Å². The SMILES string of the molecule is CC1(C)OC(c2ccc(S(=O)CF)cc2)C(CF)N1C=O. The molecule has 4 nitrogen and oxygen atoms in total. The molecule has 3 unspecified atom stereocenters. The Balaban J connectivity index is 2.29. The Morgan fingerprint density at radius 1 is 1.33 bits per heavy atom. The molecule has 116 valence electrons. The molecule has 1 heterocycles. The molecule has 1 aliphatic rings. The molecule has 3 atom stereocenters. The summed E-state index contributed by atoms with van der Waals surface area (Å²) in [4.78, 5) is 12.8. The van der Waals surface area contributed by atoms with Gasteiger partial charge in [0.15, 0.2) is 6.01 Å². The second-order valence-corrected chi connectivity index (χ2v) is 6.62. The predicted molar refractivity (Wildman–Crippen MR) is 74.4 cm³/mol. The first-order valence-corrected chi connectivity index (χ1v) is 7.78. The summed E-state index contributed by atoms with van der Waals surface area (Å²) in [7, 11) is -1.68. The van der Waals surface area contributed by atoms with Gasteiger partial charge in [-0.1, -0.05) is 12.1 Å². The van der Waals surface area contributed by atoms with Crippen LogP contribution < -0.4 is 0 Å². The van der Waals surface area contributed by atoms with Crippen LogP contribution in [-0.4, -0.2) is 40.0 Å². The number of halogens is 2. The average molecular weight is 317 g/mol. The van der Waals surface area contributed by atoms with Crippen LogP contribution in [-0.2, 0) is 20.3 Å². The van der Waals surface area contributed by atoms with Crippen LogP contribution in [0.5, 0.6) is 0 Å². The molecule has 0 spiro atoms. The number of nitrogens with zero attached hydrogens (tertiary/aromatic N) is 1. The van der Waals surface area contributed by atoms with Crippen molar-refractivity contribution in [2.24, 2.45) is 0 Å². The van der Waals surface area contributed by atoms with Crippen molar-refractivity contribution in [1.29, 1.82) is 0 Å². The summed E-state index contributed by atoms with van der Waals surface area (Å²) in [5.74, 6) is 0. The van der Waals surface area contributed by atoms with Crippen molar-refractivity contribution in [3.63, 3.8) is 0 Å². The van der Waals surface area contributed by atoms with E-state index in [4.69, 9.17) is 4.74 Å². The van der Waals surface area contributed by atoms with Crippen LogP contribution in [0.3, 0.4) is 0 Å². The molecule has 1 saturated heterocycles. The molecule has 21 heavy (non-hydrogen) atoms. The Kier molecular flexibility index (Phi) is 4.73. The van der Waals surface area contributed by atoms with E-state index in [-0.39, 0.29) is 0 Å². The van der Waals surface area contributed by atoms with E-state index in [0.29, 0.717) is 16.9 Å². The maximum Gasteiger partial charge on any atom is 0.212 e. The standard InChI is InChI=1S/C14H17F2NO3S/c1-14(2)17(9-18)12(7-15)13(20-14)10-3-5-11(6-4-10)21(19)8-16/h3-6,9,12-13H,7-8H2,1-2H3. The van der Waals surface area contributed by atoms with Gasteiger partial charge in [-0.25, -0.2) is 8.78 Å². The lowest BCUT2D eigenvalue weighted by Crippen LogP contribution is -2.43. The minimum absolute atomic E-state index is 0.363. The van der Waals surface area contributed by atoms with E-state index < -0.39 is 41.4 Å². The summed E-state index contributed by atoms with van der Waals surface area (Å²) in [5.41, 5.74) is -0.237. The Morgan fingerprint density at radius 3 is 2.43 bits per heavy atom. The van der Waals surface area contributed by atoms with E-state index in [2.05, 4.69) is 0 Å². The van der Waals surface area contributed by atoms with Gasteiger partial charge in [-0.3, -0.25) is 9.00 Å². The highest BCUT2D eigenvalue weighted by molar-refractivity contribution is 7.84. The van der Waals surface area contributed by atoms with Gasteiger partial charge < -0.3 is 9.64 Å². The van der Waals surface area contributed by atoms with E-state index in [0.717, 1.165) is 0 Å². The molecule has 7 heteroatoms. The Bertz CT molecular complexity index is 536. The van der Waals surface area contributed by atoms with Crippen molar-refractivity contribution in [1.82, 2.24) is 4.90 Å². The van der Waals surface area contributed by atoms with Gasteiger partial charge in [0, 0.05) is 4.90 Å². The van der Waals surface area contributed by atoms with Crippen molar-refractivity contribution in [3.05, 3.63) is 29.8 Å². The number of carbonyl (C=O) groups excluding carboxylic acids is 1. The predicted octanol–water partition coefficient (Wildman–Crippen LogP) is 2.33. The molecule has 0 bridgehead atoms. The quantitative estimate of drug-likeness (QED) is 0.783. The summed E-state index contributed by atoms with van der Waals surface area (Å²) in [6.07, 6.45) is -0.0281. The second kappa shape index (κ2) is 6.19. The number of rotatable bonds is 5. The first-order valence-electron chi connectivity index (χ1n) is 6.46. The number of alkyl halides is 2. The summed E-state index contributed by atoms with van der Waals surface area (Å²) in [5, 5.41) is 0. The van der Waals surface area contributed by atoms with Crippen LogP contribution in [0, 0.1) is 0 Å². The molecule has 1 aromatic rings. The lowest BCUT2D eigenvalue weighted by Gasteiger charge is -2.28. The molecular formula is C14H17F2NO3S. The minimum atomic E-state index is -1.68. The Labute approximate surface area is 124 Å². The maximum atomic E-state index is 13.3. The minimum Gasteiger partial charge on any atom is -0.346 e. The van der Waals surface area contributed by atoms with E-state index in [9.17, 15) is 17.8 Å². The number of hydrogen-bond acceptors (Lipinski definition) is 3. The zero-order chi connectivity index (χ0) is 15.6. The third kappa shape index (κ3) is 2.98. The Hall–Kier alpha value is -1.34. The third-order valence-corrected chi connectivity index (χ3v) is 4.58. The molecule has 0 saturated carbocycles. The van der Waals surface area contributed by atoms with E-state index in [1.54, 1.807) is 26.0 Å². The van der Waals surface area contributed by atoms with Crippen molar-refractivity contribution in [2.45, 2.75) is 36.6 Å². The van der Waals surface area contributed by atoms with Gasteiger partial charge in [-0.05, 0) is 31.5 Å². The van der Waals surface area contributed by atoms with Gasteiger partial charge in [-0.15, -0.1) is 0 Å². The first kappa shape index (κ1) is 16.0. The molecule has 0 aromatic heterocycles. The zero-order valence-corrected chi connectivity index (χ0v) is 12.6. The number of hydrogen-bond donors (Lipinski definition) is 0. The highest BCUT2D eigenvalue weighted by Gasteiger charge is 2.47. The molecule has 0 N–H and O–H groups in total. The normalized spacial score (nSPS) is 25.8. The van der Waals surface area contributed by atoms with Crippen molar-refractivity contribution in [3.8, 4) is 0 Å². The monoisotopic (exact) mass is 317 g/mol. The molecule has 1 amide bonds. The van der Waals surface area contributed by atoms with Crippen molar-refractivity contribution in [2.75, 3.05) is 12.7 Å². The van der Waals surface area contributed by atoms with Crippen LogP contribution in [0.1, 0.15) is 25.5 Å². The van der Waals surface area contributed by atoms with Gasteiger partial charge in [0.1, 0.15) is 18.5 Å². The van der Waals surface area contributed by atoms with Gasteiger partial charge >= 0.3 is 0 Å². The molecule has 1 fully saturated rings. The van der Waals surface area contributed by atoms with Crippen LogP contribution in [0.4, 0.5) is 8.78 Å². The fourth-order valence-electron chi connectivity index (χ4n) is 2.52. The van der Waals surface area contributed by atoms with Crippen LogP contribution >= 0.6 is 0 Å². The van der Waals surface area contributed by atoms with Crippen LogP contribution in [0.2, 0.25) is 0 Å². The molecule has 0 radical (unpaired) electrons. The molecule has 0 aliphatic carbocycles. The highest BCUT2D eigenvalue weighted by Crippen LogP contribution is 2.40. The van der Waals surface area contributed by atoms with E-state index >= 15 is 0 Å². The van der Waals surface area contributed by atoms with E-state index in [1.165, 1.54) is 17.0 Å². The Morgan fingerprint density at radius 2 is 1.95 bits per heavy atom. The fourth-order valence-corrected chi connectivity index (χ4v) is 3.08. The summed E-state index contributed by atoms with van der Waals surface area (Å²) < 4.78 is 42.8. The smallest absolute Gasteiger partial charge is 0.212 e. The topological polar surface area (TPSA) is 46.6 Å². The summed E-state index contributed by atoms with van der Waals surface area (Å²) >= 11 is 0. The van der Waals surface area contributed by atoms with Crippen LogP contribution in [0.15, 0.2) is 29.2 Å². The van der Waals surface area contributed by atoms with Gasteiger partial charge in [0.2, 0.25) is 6.41 Å². The lowest BCUT2D eigenvalue weighted by molar-refractivity contribution is -0.134. The second-order valence-electron chi connectivity index (χ2n) is 5.24. The molecule has 1 aromatic carbocycles. The highest BCUT2D eigenvalue weighted by atomic mass is 32.2. The van der Waals surface area contributed by atoms with Crippen molar-refractivity contribution < 1.29 is 22.5 Å². The first-order chi connectivity index (χ1) is 9.94. The summed E-state index contributed by atoms with van der Waals surface area (Å²) in [6, 6.07) is 4.65. The lowest BCUT2D eigenvalue weighted by atomic mass is 10.0.